The Hall–Kier alpha value is 0.570. The molecule has 2 heterocycles. The van der Waals surface area contributed by atoms with E-state index in [1.54, 1.807) is 0 Å². The van der Waals surface area contributed by atoms with Gasteiger partial charge in [-0.25, -0.2) is 0 Å². The average Bonchev–Trinajstić information content (AvgIpc) is 2.27. The van der Waals surface area contributed by atoms with Gasteiger partial charge in [0.05, 0.1) is 0 Å². The number of hydroxylamine groups is 1. The maximum absolute atomic E-state index is 5.75. The second kappa shape index (κ2) is 3.55. The Kier molecular flexibility index (Phi) is 2.81. The number of allylic oxidation sites excluding steroid dienone is 1. The number of hydrogen-bond acceptors (Lipinski definition) is 5. The van der Waals surface area contributed by atoms with Crippen molar-refractivity contribution < 1.29 is 26.9 Å². The molecule has 0 aromatic heterocycles. The molecule has 80 valence electrons. The van der Waals surface area contributed by atoms with Crippen molar-refractivity contribution in [2.24, 2.45) is 23.2 Å². The van der Waals surface area contributed by atoms with E-state index >= 15 is 0 Å². The van der Waals surface area contributed by atoms with Gasteiger partial charge in [0, 0.05) is 0 Å². The molecular formula is C6H11I2N5O. The van der Waals surface area contributed by atoms with Crippen LogP contribution in [0.4, 0.5) is 0 Å². The van der Waals surface area contributed by atoms with Crippen LogP contribution in [0, 0.1) is 0 Å². The van der Waals surface area contributed by atoms with Crippen LogP contribution in [0.25, 0.3) is 0 Å². The normalized spacial score (nSPS) is 28.9. The fraction of sp³-hybridized carbons (Fsp3) is 0.167. The molecule has 0 saturated carbocycles. The molecule has 0 aromatic carbocycles. The number of nitrogens with two attached hydrogens (primary N) is 4. The third-order valence-corrected chi connectivity index (χ3v) is 8.80. The van der Waals surface area contributed by atoms with Crippen LogP contribution in [-0.4, -0.2) is 14.7 Å². The number of nitrogens with zero attached hydrogens (tertiary/aromatic N) is 1. The van der Waals surface area contributed by atoms with Crippen LogP contribution < -0.4 is 40.4 Å². The van der Waals surface area contributed by atoms with Gasteiger partial charge in [0.15, 0.2) is 0 Å². The van der Waals surface area contributed by atoms with Crippen molar-refractivity contribution in [3.8, 4) is 0 Å². The van der Waals surface area contributed by atoms with Crippen LogP contribution in [0.1, 0.15) is 0 Å². The third kappa shape index (κ3) is 1.80. The van der Waals surface area contributed by atoms with Gasteiger partial charge >= 0.3 is 98.1 Å². The van der Waals surface area contributed by atoms with E-state index < -0.39 is 10.7 Å². The second-order valence-corrected chi connectivity index (χ2v) is 11.6. The molecule has 0 amide bonds. The zero-order chi connectivity index (χ0) is 10.4. The Morgan fingerprint density at radius 2 is 2.14 bits per heavy atom. The molecule has 0 atom stereocenters. The molecule has 0 saturated heterocycles. The van der Waals surface area contributed by atoms with Gasteiger partial charge in [-0.05, 0) is 0 Å². The summed E-state index contributed by atoms with van der Waals surface area (Å²) in [5.74, 6) is 10.1. The first-order valence-corrected chi connectivity index (χ1v) is 12.5. The van der Waals surface area contributed by atoms with Gasteiger partial charge in [0.25, 0.3) is 0 Å². The number of halogens is 2. The summed E-state index contributed by atoms with van der Waals surface area (Å²) in [6.45, 7) is 0. The monoisotopic (exact) mass is 423 g/mol. The average molecular weight is 423 g/mol. The molecule has 2 rings (SSSR count). The van der Waals surface area contributed by atoms with Crippen LogP contribution >= 0.6 is 16.8 Å². The first kappa shape index (κ1) is 11.1. The van der Waals surface area contributed by atoms with Gasteiger partial charge in [0.2, 0.25) is 0 Å². The van der Waals surface area contributed by atoms with Crippen molar-refractivity contribution in [2.45, 2.75) is 5.85 Å². The molecule has 8 N–H and O–H groups in total. The van der Waals surface area contributed by atoms with Crippen molar-refractivity contribution in [1.29, 1.82) is 0 Å². The number of quaternary nitrogens is 1. The van der Waals surface area contributed by atoms with E-state index in [1.807, 2.05) is 6.08 Å². The molecule has 0 radical (unpaired) electrons. The number of rotatable bonds is 0. The Bertz CT molecular complexity index is 327. The second-order valence-electron chi connectivity index (χ2n) is 2.96. The molecule has 8 heteroatoms. The van der Waals surface area contributed by atoms with Gasteiger partial charge < -0.3 is 0 Å². The molecule has 14 heavy (non-hydrogen) atoms. The summed E-state index contributed by atoms with van der Waals surface area (Å²) in [7, 11) is 0. The predicted octanol–water partition coefficient (Wildman–Crippen LogP) is -4.37. The Morgan fingerprint density at radius 1 is 1.43 bits per heavy atom. The molecule has 0 spiro atoms. The summed E-state index contributed by atoms with van der Waals surface area (Å²) in [6, 6.07) is 0. The van der Waals surface area contributed by atoms with Crippen LogP contribution in [0.15, 0.2) is 21.4 Å². The van der Waals surface area contributed by atoms with Crippen LogP contribution in [0.5, 0.6) is 0 Å². The van der Waals surface area contributed by atoms with Crippen molar-refractivity contribution in [2.75, 3.05) is 0 Å². The molecule has 2 aliphatic heterocycles. The fourth-order valence-electron chi connectivity index (χ4n) is 1.26. The van der Waals surface area contributed by atoms with Crippen molar-refractivity contribution in [3.05, 3.63) is 21.4 Å². The van der Waals surface area contributed by atoms with E-state index in [-0.39, 0.29) is 34.0 Å². The fourth-order valence-corrected chi connectivity index (χ4v) is 7.42. The third-order valence-electron chi connectivity index (χ3n) is 1.85. The van der Waals surface area contributed by atoms with E-state index in [1.165, 1.54) is 0 Å². The zero-order valence-electron chi connectivity index (χ0n) is 7.15. The van der Waals surface area contributed by atoms with Gasteiger partial charge in [0.1, 0.15) is 0 Å². The number of hydrogen-bond donors (Lipinski definition) is 4. The van der Waals surface area contributed by atoms with Gasteiger partial charge in [-0.15, -0.1) is 0 Å². The van der Waals surface area contributed by atoms with Gasteiger partial charge in [-0.3, -0.25) is 0 Å². The summed E-state index contributed by atoms with van der Waals surface area (Å²) in [5.41, 5.74) is 12.9. The van der Waals surface area contributed by atoms with Gasteiger partial charge in [-0.2, -0.15) is 0 Å². The molecule has 2 aliphatic rings. The molecule has 0 fully saturated rings. The quantitative estimate of drug-likeness (QED) is 0.136. The van der Waals surface area contributed by atoms with E-state index in [9.17, 15) is 0 Å². The van der Waals surface area contributed by atoms with E-state index in [4.69, 9.17) is 28.0 Å². The Morgan fingerprint density at radius 3 is 2.86 bits per heavy atom. The van der Waals surface area contributed by atoms with Crippen molar-refractivity contribution in [1.82, 2.24) is 0 Å². The minimum absolute atomic E-state index is 0.0252. The van der Waals surface area contributed by atoms with Crippen LogP contribution in [-0.2, 0) is 4.84 Å². The summed E-state index contributed by atoms with van der Waals surface area (Å²) >= 11 is 0.146. The van der Waals surface area contributed by atoms with E-state index in [0.29, 0.717) is 11.3 Å². The topological polar surface area (TPSA) is 113 Å². The summed E-state index contributed by atoms with van der Waals surface area (Å²) in [5, 5.41) is 0. The SMILES string of the molecule is NC1(N)O[N+](N)(N)C2=C1C=C[I-]I=C2. The van der Waals surface area contributed by atoms with E-state index in [0.717, 1.165) is 0 Å². The molecule has 0 aromatic rings. The molecular weight excluding hydrogens is 412 g/mol. The molecule has 0 unspecified atom stereocenters. The van der Waals surface area contributed by atoms with Crippen LogP contribution in [0.2, 0.25) is 0 Å². The Labute approximate surface area is 97.4 Å². The first-order chi connectivity index (χ1) is 6.43. The Balaban J connectivity index is 2.56. The zero-order valence-corrected chi connectivity index (χ0v) is 11.5. The first-order valence-electron chi connectivity index (χ1n) is 3.69. The van der Waals surface area contributed by atoms with Gasteiger partial charge in [-0.1, -0.05) is 0 Å². The van der Waals surface area contributed by atoms with Crippen LogP contribution in [0.3, 0.4) is 0 Å². The minimum atomic E-state index is -1.37. The summed E-state index contributed by atoms with van der Waals surface area (Å²) in [4.78, 5) is 4.50. The molecule has 0 aliphatic carbocycles. The predicted molar refractivity (Wildman–Crippen MR) is 57.1 cm³/mol. The molecule has 6 nitrogen and oxygen atoms in total. The summed E-state index contributed by atoms with van der Waals surface area (Å²) in [6.07, 6.45) is 1.89. The summed E-state index contributed by atoms with van der Waals surface area (Å²) < 4.78 is 4.19. The standard InChI is InChI=1S/C6H11I2N5O/c9-6(10)4-1-2-7-8-3-5(4)13(11,12)14-6/h1-3H,9-12H2. The van der Waals surface area contributed by atoms with E-state index in [2.05, 4.69) is 8.09 Å². The maximum atomic E-state index is 5.75. The van der Waals surface area contributed by atoms with Crippen molar-refractivity contribution >= 4 is 20.8 Å². The molecule has 0 bridgehead atoms. The van der Waals surface area contributed by atoms with Crippen molar-refractivity contribution in [3.63, 3.8) is 0 Å².